The molecule has 2 aliphatic rings. The SMILES string of the molecule is CC1CCN(CCNC2CCN(C)C2)CC1. The van der Waals surface area contributed by atoms with Crippen molar-refractivity contribution in [2.24, 2.45) is 5.92 Å². The van der Waals surface area contributed by atoms with E-state index in [0.717, 1.165) is 12.0 Å². The van der Waals surface area contributed by atoms with Crippen LogP contribution in [-0.2, 0) is 0 Å². The molecule has 0 spiro atoms. The Labute approximate surface area is 100 Å². The normalized spacial score (nSPS) is 30.0. The Morgan fingerprint density at radius 2 is 1.88 bits per heavy atom. The maximum absolute atomic E-state index is 3.69. The topological polar surface area (TPSA) is 18.5 Å². The molecule has 2 rings (SSSR count). The molecule has 3 nitrogen and oxygen atoms in total. The van der Waals surface area contributed by atoms with Crippen molar-refractivity contribution in [3.05, 3.63) is 0 Å². The lowest BCUT2D eigenvalue weighted by Gasteiger charge is -2.30. The summed E-state index contributed by atoms with van der Waals surface area (Å²) < 4.78 is 0. The zero-order valence-corrected chi connectivity index (χ0v) is 10.9. The average molecular weight is 225 g/mol. The zero-order valence-electron chi connectivity index (χ0n) is 10.9. The van der Waals surface area contributed by atoms with E-state index in [9.17, 15) is 0 Å². The Bertz CT molecular complexity index is 199. The highest BCUT2D eigenvalue weighted by molar-refractivity contribution is 4.79. The summed E-state index contributed by atoms with van der Waals surface area (Å²) in [5.41, 5.74) is 0. The molecule has 1 N–H and O–H groups in total. The summed E-state index contributed by atoms with van der Waals surface area (Å²) in [5, 5.41) is 3.69. The molecule has 0 aromatic heterocycles. The van der Waals surface area contributed by atoms with Gasteiger partial charge in [-0.25, -0.2) is 0 Å². The summed E-state index contributed by atoms with van der Waals surface area (Å²) in [5.74, 6) is 0.952. The molecule has 0 amide bonds. The zero-order chi connectivity index (χ0) is 11.4. The molecule has 1 atom stereocenters. The molecule has 0 aliphatic carbocycles. The third kappa shape index (κ3) is 3.72. The second-order valence-electron chi connectivity index (χ2n) is 5.73. The van der Waals surface area contributed by atoms with Gasteiger partial charge in [0.1, 0.15) is 0 Å². The standard InChI is InChI=1S/C13H27N3/c1-12-3-8-16(9-4-12)10-6-14-13-5-7-15(2)11-13/h12-14H,3-11H2,1-2H3. The van der Waals surface area contributed by atoms with Crippen LogP contribution in [-0.4, -0.2) is 62.2 Å². The summed E-state index contributed by atoms with van der Waals surface area (Å²) in [7, 11) is 2.22. The quantitative estimate of drug-likeness (QED) is 0.770. The van der Waals surface area contributed by atoms with Gasteiger partial charge in [0.25, 0.3) is 0 Å². The lowest BCUT2D eigenvalue weighted by molar-refractivity contribution is 0.191. The van der Waals surface area contributed by atoms with Crippen molar-refractivity contribution in [2.45, 2.75) is 32.2 Å². The van der Waals surface area contributed by atoms with Crippen molar-refractivity contribution in [1.82, 2.24) is 15.1 Å². The van der Waals surface area contributed by atoms with Crippen molar-refractivity contribution < 1.29 is 0 Å². The van der Waals surface area contributed by atoms with Crippen LogP contribution in [0.15, 0.2) is 0 Å². The van der Waals surface area contributed by atoms with E-state index >= 15 is 0 Å². The maximum atomic E-state index is 3.69. The monoisotopic (exact) mass is 225 g/mol. The first-order chi connectivity index (χ1) is 7.74. The fraction of sp³-hybridized carbons (Fsp3) is 1.00. The average Bonchev–Trinajstić information content (AvgIpc) is 2.67. The van der Waals surface area contributed by atoms with Crippen LogP contribution in [0.4, 0.5) is 0 Å². The van der Waals surface area contributed by atoms with E-state index in [1.165, 1.54) is 58.5 Å². The lowest BCUT2D eigenvalue weighted by Crippen LogP contribution is -2.41. The minimum absolute atomic E-state index is 0.744. The molecule has 0 saturated carbocycles. The Balaban J connectivity index is 1.54. The Hall–Kier alpha value is -0.120. The van der Waals surface area contributed by atoms with E-state index in [4.69, 9.17) is 0 Å². The predicted octanol–water partition coefficient (Wildman–Crippen LogP) is 1.01. The molecule has 2 fully saturated rings. The number of likely N-dealkylation sites (tertiary alicyclic amines) is 2. The molecule has 0 aromatic carbocycles. The smallest absolute Gasteiger partial charge is 0.0207 e. The minimum atomic E-state index is 0.744. The van der Waals surface area contributed by atoms with Crippen LogP contribution in [0, 0.1) is 5.92 Å². The third-order valence-electron chi connectivity index (χ3n) is 4.13. The van der Waals surface area contributed by atoms with Crippen LogP contribution in [0.5, 0.6) is 0 Å². The highest BCUT2D eigenvalue weighted by Crippen LogP contribution is 2.15. The largest absolute Gasteiger partial charge is 0.311 e. The van der Waals surface area contributed by atoms with Gasteiger partial charge in [-0.15, -0.1) is 0 Å². The van der Waals surface area contributed by atoms with Gasteiger partial charge >= 0.3 is 0 Å². The molecular formula is C13H27N3. The number of hydrogen-bond donors (Lipinski definition) is 1. The van der Waals surface area contributed by atoms with Crippen LogP contribution in [0.2, 0.25) is 0 Å². The van der Waals surface area contributed by atoms with Gasteiger partial charge in [0, 0.05) is 25.7 Å². The molecule has 1 unspecified atom stereocenters. The molecule has 0 radical (unpaired) electrons. The second kappa shape index (κ2) is 5.99. The van der Waals surface area contributed by atoms with Gasteiger partial charge in [-0.1, -0.05) is 6.92 Å². The fourth-order valence-electron chi connectivity index (χ4n) is 2.81. The predicted molar refractivity (Wildman–Crippen MR) is 68.7 cm³/mol. The maximum Gasteiger partial charge on any atom is 0.0207 e. The van der Waals surface area contributed by atoms with E-state index in [1.807, 2.05) is 0 Å². The Morgan fingerprint density at radius 1 is 1.12 bits per heavy atom. The summed E-state index contributed by atoms with van der Waals surface area (Å²) >= 11 is 0. The van der Waals surface area contributed by atoms with Crippen LogP contribution >= 0.6 is 0 Å². The first-order valence-electron chi connectivity index (χ1n) is 6.88. The summed E-state index contributed by atoms with van der Waals surface area (Å²) in [6.45, 7) is 9.92. The Morgan fingerprint density at radius 3 is 2.50 bits per heavy atom. The molecule has 0 aromatic rings. The van der Waals surface area contributed by atoms with Gasteiger partial charge in [0.05, 0.1) is 0 Å². The van der Waals surface area contributed by atoms with Gasteiger partial charge in [0.15, 0.2) is 0 Å². The van der Waals surface area contributed by atoms with E-state index in [2.05, 4.69) is 29.1 Å². The molecule has 2 aliphatic heterocycles. The number of nitrogens with one attached hydrogen (secondary N) is 1. The molecule has 94 valence electrons. The molecular weight excluding hydrogens is 198 g/mol. The summed E-state index contributed by atoms with van der Waals surface area (Å²) in [6.07, 6.45) is 4.12. The molecule has 3 heteroatoms. The molecule has 2 saturated heterocycles. The van der Waals surface area contributed by atoms with Gasteiger partial charge in [-0.2, -0.15) is 0 Å². The molecule has 0 bridgehead atoms. The van der Waals surface area contributed by atoms with E-state index in [-0.39, 0.29) is 0 Å². The minimum Gasteiger partial charge on any atom is -0.311 e. The highest BCUT2D eigenvalue weighted by atomic mass is 15.2. The van der Waals surface area contributed by atoms with Crippen LogP contribution in [0.3, 0.4) is 0 Å². The third-order valence-corrected chi connectivity index (χ3v) is 4.13. The van der Waals surface area contributed by atoms with Crippen LogP contribution in [0.1, 0.15) is 26.2 Å². The fourth-order valence-corrected chi connectivity index (χ4v) is 2.81. The number of rotatable bonds is 4. The summed E-state index contributed by atoms with van der Waals surface area (Å²) in [4.78, 5) is 5.03. The molecule has 2 heterocycles. The van der Waals surface area contributed by atoms with Crippen molar-refractivity contribution in [3.8, 4) is 0 Å². The van der Waals surface area contributed by atoms with Crippen molar-refractivity contribution in [1.29, 1.82) is 0 Å². The van der Waals surface area contributed by atoms with Gasteiger partial charge in [-0.3, -0.25) is 0 Å². The molecule has 16 heavy (non-hydrogen) atoms. The number of hydrogen-bond acceptors (Lipinski definition) is 3. The lowest BCUT2D eigenvalue weighted by atomic mass is 9.99. The van der Waals surface area contributed by atoms with E-state index in [1.54, 1.807) is 0 Å². The van der Waals surface area contributed by atoms with Crippen molar-refractivity contribution in [2.75, 3.05) is 46.3 Å². The van der Waals surface area contributed by atoms with Crippen molar-refractivity contribution >= 4 is 0 Å². The number of nitrogens with zero attached hydrogens (tertiary/aromatic N) is 2. The van der Waals surface area contributed by atoms with Crippen LogP contribution < -0.4 is 5.32 Å². The van der Waals surface area contributed by atoms with Gasteiger partial charge in [0.2, 0.25) is 0 Å². The van der Waals surface area contributed by atoms with Crippen molar-refractivity contribution in [3.63, 3.8) is 0 Å². The first kappa shape index (κ1) is 12.3. The van der Waals surface area contributed by atoms with Crippen LogP contribution in [0.25, 0.3) is 0 Å². The van der Waals surface area contributed by atoms with Gasteiger partial charge in [-0.05, 0) is 51.9 Å². The summed E-state index contributed by atoms with van der Waals surface area (Å²) in [6, 6.07) is 0.744. The first-order valence-corrected chi connectivity index (χ1v) is 6.88. The second-order valence-corrected chi connectivity index (χ2v) is 5.73. The number of piperidine rings is 1. The number of likely N-dealkylation sites (N-methyl/N-ethyl adjacent to an activating group) is 1. The van der Waals surface area contributed by atoms with E-state index in [0.29, 0.717) is 0 Å². The Kier molecular flexibility index (Phi) is 4.62. The van der Waals surface area contributed by atoms with E-state index < -0.39 is 0 Å². The van der Waals surface area contributed by atoms with Gasteiger partial charge < -0.3 is 15.1 Å². The highest BCUT2D eigenvalue weighted by Gasteiger charge is 2.19.